The van der Waals surface area contributed by atoms with E-state index in [4.69, 9.17) is 0 Å². The molecule has 0 spiro atoms. The van der Waals surface area contributed by atoms with Crippen LogP contribution in [-0.2, 0) is 16.1 Å². The molecule has 0 radical (unpaired) electrons. The third-order valence-electron chi connectivity index (χ3n) is 3.39. The summed E-state index contributed by atoms with van der Waals surface area (Å²) in [6.45, 7) is 3.20. The highest BCUT2D eigenvalue weighted by atomic mass is 16.2. The fourth-order valence-electron chi connectivity index (χ4n) is 2.22. The van der Waals surface area contributed by atoms with E-state index in [-0.39, 0.29) is 18.2 Å². The lowest BCUT2D eigenvalue weighted by molar-refractivity contribution is -0.138. The van der Waals surface area contributed by atoms with E-state index in [9.17, 15) is 9.59 Å². The normalized spacial score (nSPS) is 18.9. The van der Waals surface area contributed by atoms with E-state index in [2.05, 4.69) is 10.9 Å². The van der Waals surface area contributed by atoms with Gasteiger partial charge in [-0.2, -0.15) is 0 Å². The quantitative estimate of drug-likeness (QED) is 0.580. The molecule has 1 saturated heterocycles. The minimum atomic E-state index is -0.442. The Morgan fingerprint density at radius 1 is 1.25 bits per heavy atom. The first-order valence-electron chi connectivity index (χ1n) is 7.09. The molecular formula is C15H21N3O2. The monoisotopic (exact) mass is 275 g/mol. The SMILES string of the molecule is CCCCN1C(=O)C[C@@H](NNCc2ccccc2)C1=O. The van der Waals surface area contributed by atoms with Gasteiger partial charge < -0.3 is 0 Å². The molecule has 0 aliphatic carbocycles. The number of amides is 2. The molecule has 1 fully saturated rings. The Hall–Kier alpha value is -1.72. The molecule has 1 aliphatic rings. The topological polar surface area (TPSA) is 61.4 Å². The number of nitrogens with one attached hydrogen (secondary N) is 2. The number of rotatable bonds is 7. The maximum atomic E-state index is 12.1. The summed E-state index contributed by atoms with van der Waals surface area (Å²) in [5, 5.41) is 0. The number of hydrogen-bond acceptors (Lipinski definition) is 4. The Bertz CT molecular complexity index is 461. The van der Waals surface area contributed by atoms with Gasteiger partial charge in [0.15, 0.2) is 0 Å². The highest BCUT2D eigenvalue weighted by Gasteiger charge is 2.37. The fourth-order valence-corrected chi connectivity index (χ4v) is 2.22. The first-order chi connectivity index (χ1) is 9.72. The summed E-state index contributed by atoms with van der Waals surface area (Å²) in [7, 11) is 0. The average molecular weight is 275 g/mol. The zero-order valence-electron chi connectivity index (χ0n) is 11.8. The van der Waals surface area contributed by atoms with Gasteiger partial charge in [0.1, 0.15) is 6.04 Å². The van der Waals surface area contributed by atoms with Crippen molar-refractivity contribution in [2.45, 2.75) is 38.8 Å². The molecule has 2 rings (SSSR count). The van der Waals surface area contributed by atoms with Crippen LogP contribution in [0, 0.1) is 0 Å². The number of hydrazine groups is 1. The summed E-state index contributed by atoms with van der Waals surface area (Å²) in [4.78, 5) is 25.2. The van der Waals surface area contributed by atoms with Crippen LogP contribution in [-0.4, -0.2) is 29.3 Å². The summed E-state index contributed by atoms with van der Waals surface area (Å²) in [6, 6.07) is 9.46. The largest absolute Gasteiger partial charge is 0.281 e. The first kappa shape index (κ1) is 14.7. The minimum Gasteiger partial charge on any atom is -0.281 e. The average Bonchev–Trinajstić information content (AvgIpc) is 2.73. The van der Waals surface area contributed by atoms with Crippen molar-refractivity contribution in [2.24, 2.45) is 0 Å². The molecule has 2 N–H and O–H groups in total. The summed E-state index contributed by atoms with van der Waals surface area (Å²) >= 11 is 0. The number of likely N-dealkylation sites (tertiary alicyclic amines) is 1. The molecule has 0 aromatic heterocycles. The summed E-state index contributed by atoms with van der Waals surface area (Å²) in [6.07, 6.45) is 2.08. The van der Waals surface area contributed by atoms with E-state index in [1.807, 2.05) is 37.3 Å². The number of hydrogen-bond donors (Lipinski definition) is 2. The van der Waals surface area contributed by atoms with Crippen LogP contribution in [0.4, 0.5) is 0 Å². The van der Waals surface area contributed by atoms with E-state index < -0.39 is 6.04 Å². The molecule has 5 heteroatoms. The molecule has 1 aromatic rings. The molecule has 20 heavy (non-hydrogen) atoms. The number of carbonyl (C=O) groups is 2. The number of nitrogens with zero attached hydrogens (tertiary/aromatic N) is 1. The summed E-state index contributed by atoms with van der Waals surface area (Å²) < 4.78 is 0. The standard InChI is InChI=1S/C15H21N3O2/c1-2-3-9-18-14(19)10-13(15(18)20)17-16-11-12-7-5-4-6-8-12/h4-8,13,16-17H,2-3,9-11H2,1H3/t13-/m1/s1. The maximum absolute atomic E-state index is 12.1. The highest BCUT2D eigenvalue weighted by molar-refractivity contribution is 6.05. The van der Waals surface area contributed by atoms with Crippen molar-refractivity contribution in [1.82, 2.24) is 15.8 Å². The van der Waals surface area contributed by atoms with Gasteiger partial charge in [0.05, 0.1) is 6.42 Å². The van der Waals surface area contributed by atoms with Crippen LogP contribution in [0.25, 0.3) is 0 Å². The van der Waals surface area contributed by atoms with E-state index in [0.717, 1.165) is 18.4 Å². The van der Waals surface area contributed by atoms with E-state index in [0.29, 0.717) is 13.1 Å². The molecule has 1 heterocycles. The van der Waals surface area contributed by atoms with Crippen molar-refractivity contribution < 1.29 is 9.59 Å². The minimum absolute atomic E-state index is 0.0811. The van der Waals surface area contributed by atoms with Crippen molar-refractivity contribution in [2.75, 3.05) is 6.54 Å². The molecule has 108 valence electrons. The van der Waals surface area contributed by atoms with Crippen LogP contribution in [0.15, 0.2) is 30.3 Å². The lowest BCUT2D eigenvalue weighted by atomic mass is 10.2. The zero-order chi connectivity index (χ0) is 14.4. The Morgan fingerprint density at radius 3 is 2.70 bits per heavy atom. The summed E-state index contributed by atoms with van der Waals surface area (Å²) in [5.74, 6) is -0.202. The predicted molar refractivity (Wildman–Crippen MR) is 76.5 cm³/mol. The van der Waals surface area contributed by atoms with Crippen LogP contribution in [0.2, 0.25) is 0 Å². The van der Waals surface area contributed by atoms with Gasteiger partial charge in [0, 0.05) is 13.1 Å². The van der Waals surface area contributed by atoms with Crippen molar-refractivity contribution >= 4 is 11.8 Å². The summed E-state index contributed by atoms with van der Waals surface area (Å²) in [5.41, 5.74) is 7.10. The Morgan fingerprint density at radius 2 is 2.00 bits per heavy atom. The van der Waals surface area contributed by atoms with Gasteiger partial charge in [-0.05, 0) is 12.0 Å². The second-order valence-electron chi connectivity index (χ2n) is 4.98. The zero-order valence-corrected chi connectivity index (χ0v) is 11.8. The lowest BCUT2D eigenvalue weighted by Gasteiger charge is -2.15. The maximum Gasteiger partial charge on any atom is 0.248 e. The number of imide groups is 1. The molecule has 2 amide bonds. The van der Waals surface area contributed by atoms with Crippen LogP contribution < -0.4 is 10.9 Å². The van der Waals surface area contributed by atoms with Gasteiger partial charge in [0.2, 0.25) is 11.8 Å². The van der Waals surface area contributed by atoms with Crippen molar-refractivity contribution in [3.63, 3.8) is 0 Å². The van der Waals surface area contributed by atoms with Gasteiger partial charge in [-0.25, -0.2) is 5.43 Å². The van der Waals surface area contributed by atoms with Crippen LogP contribution in [0.5, 0.6) is 0 Å². The predicted octanol–water partition coefficient (Wildman–Crippen LogP) is 1.21. The number of carbonyl (C=O) groups excluding carboxylic acids is 2. The molecule has 1 atom stereocenters. The molecule has 0 saturated carbocycles. The smallest absolute Gasteiger partial charge is 0.248 e. The number of benzene rings is 1. The molecule has 5 nitrogen and oxygen atoms in total. The van der Waals surface area contributed by atoms with Crippen molar-refractivity contribution in [3.05, 3.63) is 35.9 Å². The van der Waals surface area contributed by atoms with Crippen LogP contribution in [0.1, 0.15) is 31.7 Å². The Labute approximate surface area is 119 Å². The molecule has 1 aliphatic heterocycles. The van der Waals surface area contributed by atoms with Gasteiger partial charge in [-0.15, -0.1) is 0 Å². The fraction of sp³-hybridized carbons (Fsp3) is 0.467. The molecule has 0 bridgehead atoms. The second kappa shape index (κ2) is 7.17. The Kier molecular flexibility index (Phi) is 5.26. The van der Waals surface area contributed by atoms with Crippen molar-refractivity contribution in [1.29, 1.82) is 0 Å². The first-order valence-corrected chi connectivity index (χ1v) is 7.09. The lowest BCUT2D eigenvalue weighted by Crippen LogP contribution is -2.45. The van der Waals surface area contributed by atoms with E-state index in [1.54, 1.807) is 0 Å². The van der Waals surface area contributed by atoms with E-state index in [1.165, 1.54) is 4.90 Å². The third kappa shape index (κ3) is 3.65. The third-order valence-corrected chi connectivity index (χ3v) is 3.39. The Balaban J connectivity index is 1.79. The highest BCUT2D eigenvalue weighted by Crippen LogP contribution is 2.13. The van der Waals surface area contributed by atoms with Gasteiger partial charge in [-0.1, -0.05) is 43.7 Å². The molecule has 0 unspecified atom stereocenters. The van der Waals surface area contributed by atoms with Crippen LogP contribution >= 0.6 is 0 Å². The second-order valence-corrected chi connectivity index (χ2v) is 4.98. The number of unbranched alkanes of at least 4 members (excludes halogenated alkanes) is 1. The van der Waals surface area contributed by atoms with E-state index >= 15 is 0 Å². The van der Waals surface area contributed by atoms with Crippen molar-refractivity contribution in [3.8, 4) is 0 Å². The van der Waals surface area contributed by atoms with Gasteiger partial charge in [-0.3, -0.25) is 19.9 Å². The van der Waals surface area contributed by atoms with Gasteiger partial charge in [0.25, 0.3) is 0 Å². The van der Waals surface area contributed by atoms with Gasteiger partial charge >= 0.3 is 0 Å². The molecular weight excluding hydrogens is 254 g/mol. The van der Waals surface area contributed by atoms with Crippen LogP contribution in [0.3, 0.4) is 0 Å². The molecule has 1 aromatic carbocycles.